The molecule has 0 saturated heterocycles. The molecule has 0 spiro atoms. The summed E-state index contributed by atoms with van der Waals surface area (Å²) in [5.74, 6) is 0. The summed E-state index contributed by atoms with van der Waals surface area (Å²) < 4.78 is 3.72. The molecule has 0 amide bonds. The Morgan fingerprint density at radius 1 is 0.440 bits per heavy atom. The topological polar surface area (TPSA) is 8.17 Å². The zero-order valence-electron chi connectivity index (χ0n) is 27.7. The highest BCUT2D eigenvalue weighted by Gasteiger charge is 2.19. The average Bonchev–Trinajstić information content (AvgIpc) is 3.75. The van der Waals surface area contributed by atoms with Crippen LogP contribution in [0.4, 0.5) is 17.1 Å². The number of aryl methyl sites for hydroxylation is 1. The minimum atomic E-state index is 1.13. The quantitative estimate of drug-likeness (QED) is 0.165. The smallest absolute Gasteiger partial charge is 0.0655 e. The molecular weight excluding hydrogens is 625 g/mol. The maximum Gasteiger partial charge on any atom is 0.0655 e. The molecule has 0 N–H and O–H groups in total. The molecule has 0 radical (unpaired) electrons. The number of thiophene rings is 1. The van der Waals surface area contributed by atoms with Gasteiger partial charge in [-0.2, -0.15) is 0 Å². The Kier molecular flexibility index (Phi) is 7.61. The van der Waals surface area contributed by atoms with Gasteiger partial charge < -0.3 is 9.47 Å². The average molecular weight is 659 g/mol. The number of nitrogens with zero attached hydrogens (tertiary/aromatic N) is 2. The lowest BCUT2D eigenvalue weighted by molar-refractivity contribution is 1.18. The molecule has 3 heteroatoms. The fourth-order valence-electron chi connectivity index (χ4n) is 7.09. The van der Waals surface area contributed by atoms with Crippen LogP contribution in [0, 0.1) is 6.92 Å². The Morgan fingerprint density at radius 3 is 1.64 bits per heavy atom. The van der Waals surface area contributed by atoms with Crippen LogP contribution in [0.3, 0.4) is 0 Å². The molecule has 0 bridgehead atoms. The fourth-order valence-corrected chi connectivity index (χ4v) is 8.25. The lowest BCUT2D eigenvalue weighted by Crippen LogP contribution is -2.11. The minimum absolute atomic E-state index is 1.13. The molecule has 0 aliphatic heterocycles. The molecule has 0 aliphatic carbocycles. The van der Waals surface area contributed by atoms with Gasteiger partial charge in [0.2, 0.25) is 0 Å². The number of fused-ring (bicyclic) bond motifs is 3. The van der Waals surface area contributed by atoms with Gasteiger partial charge in [0.15, 0.2) is 0 Å². The first-order valence-electron chi connectivity index (χ1n) is 17.0. The van der Waals surface area contributed by atoms with Gasteiger partial charge in [-0.15, -0.1) is 11.3 Å². The Morgan fingerprint density at radius 2 is 0.980 bits per heavy atom. The van der Waals surface area contributed by atoms with Crippen LogP contribution in [-0.4, -0.2) is 4.57 Å². The molecule has 0 saturated carbocycles. The number of rotatable bonds is 7. The first-order valence-corrected chi connectivity index (χ1v) is 17.8. The van der Waals surface area contributed by atoms with Crippen LogP contribution in [0.5, 0.6) is 0 Å². The lowest BCUT2D eigenvalue weighted by atomic mass is 10.0. The fraction of sp³-hybridized carbons (Fsp3) is 0.0213. The van der Waals surface area contributed by atoms with Gasteiger partial charge in [-0.05, 0) is 107 Å². The monoisotopic (exact) mass is 658 g/mol. The van der Waals surface area contributed by atoms with Gasteiger partial charge in [0, 0.05) is 33.0 Å². The van der Waals surface area contributed by atoms with Crippen molar-refractivity contribution in [2.75, 3.05) is 4.90 Å². The summed E-state index contributed by atoms with van der Waals surface area (Å²) in [5.41, 5.74) is 14.4. The second-order valence-corrected chi connectivity index (χ2v) is 13.7. The molecule has 2 aromatic heterocycles. The van der Waals surface area contributed by atoms with Crippen molar-refractivity contribution in [3.05, 3.63) is 194 Å². The van der Waals surface area contributed by atoms with E-state index in [1.165, 1.54) is 70.8 Å². The Labute approximate surface area is 296 Å². The van der Waals surface area contributed by atoms with Crippen molar-refractivity contribution in [2.45, 2.75) is 6.92 Å². The Bertz CT molecular complexity index is 2570. The van der Waals surface area contributed by atoms with Gasteiger partial charge in [-0.25, -0.2) is 0 Å². The second-order valence-electron chi connectivity index (χ2n) is 12.7. The summed E-state index contributed by atoms with van der Waals surface area (Å²) in [4.78, 5) is 3.63. The summed E-state index contributed by atoms with van der Waals surface area (Å²) in [7, 11) is 0. The molecule has 0 atom stereocenters. The summed E-state index contributed by atoms with van der Waals surface area (Å²) in [6.45, 7) is 2.23. The van der Waals surface area contributed by atoms with Crippen molar-refractivity contribution in [1.82, 2.24) is 4.57 Å². The van der Waals surface area contributed by atoms with Crippen molar-refractivity contribution >= 4 is 49.5 Å². The number of hydrogen-bond donors (Lipinski definition) is 0. The zero-order valence-corrected chi connectivity index (χ0v) is 28.5. The van der Waals surface area contributed by atoms with Crippen molar-refractivity contribution in [2.24, 2.45) is 0 Å². The molecule has 7 aromatic carbocycles. The SMILES string of the molecule is Cc1cc(-c2cc3c(s2)c2cc(-c4ccccc4)ccc2n3-c2ccccc2)ccc1N(c1ccccc1)c1ccc(-c2ccccc2)cc1. The van der Waals surface area contributed by atoms with E-state index < -0.39 is 0 Å². The molecule has 0 aliphatic rings. The standard InChI is InChI=1S/C47H34N2S/c1-33-30-38(25-28-43(33)48(39-18-10-4-11-19-39)41-26-22-36(23-27-41)34-14-6-2-7-15-34)46-32-45-47(50-46)42-31-37(35-16-8-3-9-17-35)24-29-44(42)49(45)40-20-12-5-13-21-40/h2-32H,1H3. The van der Waals surface area contributed by atoms with Crippen molar-refractivity contribution < 1.29 is 0 Å². The van der Waals surface area contributed by atoms with E-state index in [1.807, 2.05) is 11.3 Å². The highest BCUT2D eigenvalue weighted by Crippen LogP contribution is 2.44. The third kappa shape index (κ3) is 5.38. The Balaban J connectivity index is 1.15. The highest BCUT2D eigenvalue weighted by molar-refractivity contribution is 7.23. The third-order valence-corrected chi connectivity index (χ3v) is 10.7. The van der Waals surface area contributed by atoms with E-state index in [4.69, 9.17) is 0 Å². The third-order valence-electron chi connectivity index (χ3n) is 9.53. The van der Waals surface area contributed by atoms with Crippen LogP contribution < -0.4 is 4.90 Å². The Hall–Kier alpha value is -6.16. The van der Waals surface area contributed by atoms with Crippen LogP contribution in [0.1, 0.15) is 5.56 Å². The molecule has 2 heterocycles. The van der Waals surface area contributed by atoms with Gasteiger partial charge in [0.05, 0.1) is 15.7 Å². The number of benzene rings is 7. The van der Waals surface area contributed by atoms with Gasteiger partial charge >= 0.3 is 0 Å². The molecular formula is C47H34N2S. The van der Waals surface area contributed by atoms with E-state index >= 15 is 0 Å². The molecule has 238 valence electrons. The zero-order chi connectivity index (χ0) is 33.4. The number of hydrogen-bond acceptors (Lipinski definition) is 2. The molecule has 0 unspecified atom stereocenters. The number of anilines is 3. The van der Waals surface area contributed by atoms with Crippen LogP contribution in [0.15, 0.2) is 188 Å². The van der Waals surface area contributed by atoms with Gasteiger partial charge in [0.1, 0.15) is 0 Å². The summed E-state index contributed by atoms with van der Waals surface area (Å²) >= 11 is 1.88. The van der Waals surface area contributed by atoms with E-state index in [0.29, 0.717) is 0 Å². The number of aromatic nitrogens is 1. The maximum absolute atomic E-state index is 2.41. The predicted molar refractivity (Wildman–Crippen MR) is 214 cm³/mol. The summed E-state index contributed by atoms with van der Waals surface area (Å²) in [6.07, 6.45) is 0. The van der Waals surface area contributed by atoms with Gasteiger partial charge in [0.25, 0.3) is 0 Å². The van der Waals surface area contributed by atoms with E-state index in [9.17, 15) is 0 Å². The van der Waals surface area contributed by atoms with Gasteiger partial charge in [-0.1, -0.05) is 121 Å². The lowest BCUT2D eigenvalue weighted by Gasteiger charge is -2.27. The van der Waals surface area contributed by atoms with Gasteiger partial charge in [-0.3, -0.25) is 0 Å². The number of para-hydroxylation sites is 2. The van der Waals surface area contributed by atoms with E-state index in [0.717, 1.165) is 11.4 Å². The molecule has 2 nitrogen and oxygen atoms in total. The first-order chi connectivity index (χ1) is 24.7. The second kappa shape index (κ2) is 12.7. The molecule has 0 fully saturated rings. The highest BCUT2D eigenvalue weighted by atomic mass is 32.1. The van der Waals surface area contributed by atoms with E-state index in [2.05, 4.69) is 204 Å². The van der Waals surface area contributed by atoms with Crippen molar-refractivity contribution in [1.29, 1.82) is 0 Å². The maximum atomic E-state index is 2.41. The van der Waals surface area contributed by atoms with E-state index in [-0.39, 0.29) is 0 Å². The van der Waals surface area contributed by atoms with Crippen molar-refractivity contribution in [3.63, 3.8) is 0 Å². The molecule has 50 heavy (non-hydrogen) atoms. The van der Waals surface area contributed by atoms with Crippen LogP contribution in [0.2, 0.25) is 0 Å². The van der Waals surface area contributed by atoms with Crippen LogP contribution in [-0.2, 0) is 0 Å². The largest absolute Gasteiger partial charge is 0.310 e. The van der Waals surface area contributed by atoms with Crippen LogP contribution in [0.25, 0.3) is 59.5 Å². The van der Waals surface area contributed by atoms with Crippen molar-refractivity contribution in [3.8, 4) is 38.4 Å². The van der Waals surface area contributed by atoms with E-state index in [1.54, 1.807) is 0 Å². The molecule has 9 rings (SSSR count). The normalized spacial score (nSPS) is 11.3. The summed E-state index contributed by atoms with van der Waals surface area (Å²) in [5, 5.41) is 1.28. The first kappa shape index (κ1) is 29.9. The minimum Gasteiger partial charge on any atom is -0.310 e. The predicted octanol–water partition coefficient (Wildman–Crippen LogP) is 13.6. The van der Waals surface area contributed by atoms with Crippen LogP contribution >= 0.6 is 11.3 Å². The molecule has 9 aromatic rings. The summed E-state index contributed by atoms with van der Waals surface area (Å²) in [6, 6.07) is 67.7.